The van der Waals surface area contributed by atoms with Crippen LogP contribution in [-0.2, 0) is 6.42 Å². The number of nitrogens with zero attached hydrogens (tertiary/aromatic N) is 4. The van der Waals surface area contributed by atoms with E-state index in [4.69, 9.17) is 9.41 Å². The van der Waals surface area contributed by atoms with Gasteiger partial charge in [-0.2, -0.15) is 5.10 Å². The Morgan fingerprint density at radius 3 is 2.58 bits per heavy atom. The van der Waals surface area contributed by atoms with Gasteiger partial charge in [0.25, 0.3) is 0 Å². The molecule has 0 N–H and O–H groups in total. The van der Waals surface area contributed by atoms with Crippen LogP contribution in [0.1, 0.15) is 11.3 Å². The number of hydrogen-bond donors (Lipinski definition) is 0. The van der Waals surface area contributed by atoms with Crippen molar-refractivity contribution in [1.29, 1.82) is 0 Å². The highest BCUT2D eigenvalue weighted by Crippen LogP contribution is 2.22. The normalized spacial score (nSPS) is 12.0. The number of benzene rings is 2. The highest BCUT2D eigenvalue weighted by Gasteiger charge is 2.11. The number of halogens is 1. The molecule has 2 aromatic heterocycles. The van der Waals surface area contributed by atoms with Crippen molar-refractivity contribution < 1.29 is 9.34 Å². The molecule has 2 heterocycles. The van der Waals surface area contributed by atoms with Gasteiger partial charge >= 0.3 is 5.88 Å². The third kappa shape index (κ3) is 5.25. The van der Waals surface area contributed by atoms with Gasteiger partial charge in [-0.15, -0.1) is 11.3 Å². The van der Waals surface area contributed by atoms with Gasteiger partial charge in [0.1, 0.15) is 4.92 Å². The molecular formula is C22H17BrN4O3S. The highest BCUT2D eigenvalue weighted by molar-refractivity contribution is 9.10. The molecule has 7 nitrogen and oxygen atoms in total. The number of furan rings is 1. The number of hydrogen-bond acceptors (Lipinski definition) is 6. The zero-order valence-electron chi connectivity index (χ0n) is 16.2. The summed E-state index contributed by atoms with van der Waals surface area (Å²) in [5, 5.41) is 17.4. The van der Waals surface area contributed by atoms with Crippen LogP contribution in [0.25, 0.3) is 11.3 Å². The van der Waals surface area contributed by atoms with Gasteiger partial charge in [-0.1, -0.05) is 58.4 Å². The zero-order valence-corrected chi connectivity index (χ0v) is 18.6. The summed E-state index contributed by atoms with van der Waals surface area (Å²) in [5.41, 5.74) is 3.06. The monoisotopic (exact) mass is 496 g/mol. The summed E-state index contributed by atoms with van der Waals surface area (Å²) < 4.78 is 7.90. The molecule has 31 heavy (non-hydrogen) atoms. The molecule has 9 heteroatoms. The van der Waals surface area contributed by atoms with Gasteiger partial charge in [0.05, 0.1) is 18.0 Å². The summed E-state index contributed by atoms with van der Waals surface area (Å²) in [7, 11) is 0. The molecule has 0 spiro atoms. The molecule has 2 aromatic carbocycles. The molecule has 4 aromatic rings. The Balaban J connectivity index is 1.67. The molecule has 0 aliphatic rings. The van der Waals surface area contributed by atoms with Crippen LogP contribution in [0.3, 0.4) is 0 Å². The third-order valence-electron chi connectivity index (χ3n) is 4.41. The van der Waals surface area contributed by atoms with E-state index >= 15 is 0 Å². The summed E-state index contributed by atoms with van der Waals surface area (Å²) in [6.45, 7) is 0.617. The van der Waals surface area contributed by atoms with Crippen molar-refractivity contribution in [3.8, 4) is 11.3 Å². The molecule has 0 unspecified atom stereocenters. The van der Waals surface area contributed by atoms with Crippen LogP contribution in [0.15, 0.2) is 91.1 Å². The van der Waals surface area contributed by atoms with E-state index in [0.717, 1.165) is 27.0 Å². The summed E-state index contributed by atoms with van der Waals surface area (Å²) in [6, 6.07) is 20.9. The van der Waals surface area contributed by atoms with Crippen LogP contribution in [0.4, 0.5) is 5.88 Å². The molecule has 4 rings (SSSR count). The first-order valence-electron chi connectivity index (χ1n) is 9.39. The van der Waals surface area contributed by atoms with Crippen LogP contribution < -0.4 is 4.80 Å². The smallest absolute Gasteiger partial charge is 0.400 e. The first kappa shape index (κ1) is 21.0. The predicted octanol–water partition coefficient (Wildman–Crippen LogP) is 5.51. The molecule has 0 fully saturated rings. The summed E-state index contributed by atoms with van der Waals surface area (Å²) in [6.07, 6.45) is 2.28. The Labute approximate surface area is 190 Å². The fourth-order valence-corrected chi connectivity index (χ4v) is 4.02. The van der Waals surface area contributed by atoms with Crippen molar-refractivity contribution in [1.82, 2.24) is 4.68 Å². The number of rotatable bonds is 7. The van der Waals surface area contributed by atoms with E-state index in [0.29, 0.717) is 12.3 Å². The average molecular weight is 497 g/mol. The fraction of sp³-hybridized carbons (Fsp3) is 0.0909. The van der Waals surface area contributed by atoms with E-state index in [-0.39, 0.29) is 5.88 Å². The van der Waals surface area contributed by atoms with Crippen LogP contribution in [0.5, 0.6) is 0 Å². The Morgan fingerprint density at radius 2 is 1.87 bits per heavy atom. The van der Waals surface area contributed by atoms with Crippen molar-refractivity contribution in [2.24, 2.45) is 10.1 Å². The molecule has 0 saturated carbocycles. The molecule has 156 valence electrons. The third-order valence-corrected chi connectivity index (χ3v) is 5.79. The standard InChI is InChI=1S/C22H17BrN4O3S/c23-18-8-6-17(7-9-18)20-15-31-22(24-13-12-16-4-2-1-3-5-16)26(20)25-14-19-10-11-21(30-19)27(28)29/h1-11,14-15H,12-13H2. The lowest BCUT2D eigenvalue weighted by Gasteiger charge is -2.03. The quantitative estimate of drug-likeness (QED) is 0.192. The van der Waals surface area contributed by atoms with E-state index < -0.39 is 4.92 Å². The summed E-state index contributed by atoms with van der Waals surface area (Å²) in [4.78, 5) is 15.7. The Morgan fingerprint density at radius 1 is 1.10 bits per heavy atom. The second kappa shape index (κ2) is 9.67. The Bertz CT molecular complexity index is 1270. The van der Waals surface area contributed by atoms with Gasteiger partial charge < -0.3 is 4.42 Å². The van der Waals surface area contributed by atoms with E-state index in [9.17, 15) is 10.1 Å². The molecule has 0 radical (unpaired) electrons. The fourth-order valence-electron chi connectivity index (χ4n) is 2.89. The maximum Gasteiger partial charge on any atom is 0.433 e. The van der Waals surface area contributed by atoms with E-state index in [2.05, 4.69) is 33.2 Å². The maximum atomic E-state index is 10.8. The molecule has 0 bridgehead atoms. The van der Waals surface area contributed by atoms with Crippen molar-refractivity contribution in [3.05, 3.63) is 103 Å². The summed E-state index contributed by atoms with van der Waals surface area (Å²) >= 11 is 4.94. The van der Waals surface area contributed by atoms with E-state index in [1.54, 1.807) is 4.68 Å². The molecule has 0 amide bonds. The van der Waals surface area contributed by atoms with Gasteiger partial charge in [0, 0.05) is 22.0 Å². The first-order valence-corrected chi connectivity index (χ1v) is 11.1. The van der Waals surface area contributed by atoms with Gasteiger partial charge in [-0.3, -0.25) is 15.1 Å². The van der Waals surface area contributed by atoms with E-state index in [1.165, 1.54) is 35.2 Å². The van der Waals surface area contributed by atoms with Crippen LogP contribution in [0, 0.1) is 10.1 Å². The SMILES string of the molecule is O=[N+]([O-])c1ccc(C=Nn2c(-c3ccc(Br)cc3)csc2=NCCc2ccccc2)o1. The van der Waals surface area contributed by atoms with Gasteiger partial charge in [0.15, 0.2) is 5.76 Å². The summed E-state index contributed by atoms with van der Waals surface area (Å²) in [5.74, 6) is -0.0277. The van der Waals surface area contributed by atoms with Gasteiger partial charge in [0.2, 0.25) is 4.80 Å². The lowest BCUT2D eigenvalue weighted by Crippen LogP contribution is -2.13. The molecule has 0 aliphatic heterocycles. The molecule has 0 saturated heterocycles. The zero-order chi connectivity index (χ0) is 21.6. The first-order chi connectivity index (χ1) is 15.1. The minimum Gasteiger partial charge on any atom is -0.400 e. The molecular weight excluding hydrogens is 480 g/mol. The number of thiazole rings is 1. The topological polar surface area (TPSA) is 85.9 Å². The number of aromatic nitrogens is 1. The maximum absolute atomic E-state index is 10.8. The molecule has 0 aliphatic carbocycles. The van der Waals surface area contributed by atoms with Crippen molar-refractivity contribution in [2.75, 3.05) is 6.54 Å². The predicted molar refractivity (Wildman–Crippen MR) is 124 cm³/mol. The Hall–Kier alpha value is -3.30. The lowest BCUT2D eigenvalue weighted by atomic mass is 10.2. The van der Waals surface area contributed by atoms with Crippen LogP contribution in [0.2, 0.25) is 0 Å². The average Bonchev–Trinajstić information content (AvgIpc) is 3.41. The van der Waals surface area contributed by atoms with Gasteiger partial charge in [-0.05, 0) is 30.2 Å². The van der Waals surface area contributed by atoms with Gasteiger partial charge in [-0.25, -0.2) is 4.68 Å². The second-order valence-electron chi connectivity index (χ2n) is 6.52. The lowest BCUT2D eigenvalue weighted by molar-refractivity contribution is -0.402. The van der Waals surface area contributed by atoms with Crippen LogP contribution in [-0.4, -0.2) is 22.4 Å². The largest absolute Gasteiger partial charge is 0.433 e. The van der Waals surface area contributed by atoms with E-state index in [1.807, 2.05) is 47.8 Å². The van der Waals surface area contributed by atoms with Crippen molar-refractivity contribution in [3.63, 3.8) is 0 Å². The van der Waals surface area contributed by atoms with Crippen molar-refractivity contribution >= 4 is 39.4 Å². The Kier molecular flexibility index (Phi) is 6.54. The van der Waals surface area contributed by atoms with Crippen molar-refractivity contribution in [2.45, 2.75) is 6.42 Å². The molecule has 0 atom stereocenters. The number of nitro groups is 1. The minimum absolute atomic E-state index is 0.294. The minimum atomic E-state index is -0.577. The van der Waals surface area contributed by atoms with Crippen LogP contribution >= 0.6 is 27.3 Å². The second-order valence-corrected chi connectivity index (χ2v) is 8.27. The highest BCUT2D eigenvalue weighted by atomic mass is 79.9.